The van der Waals surface area contributed by atoms with Crippen molar-refractivity contribution < 1.29 is 19.4 Å². The molecular weight excluding hydrogens is 304 g/mol. The summed E-state index contributed by atoms with van der Waals surface area (Å²) in [5.41, 5.74) is 1.13. The van der Waals surface area contributed by atoms with Crippen LogP contribution in [0.25, 0.3) is 10.4 Å². The molecule has 0 saturated carbocycles. The predicted molar refractivity (Wildman–Crippen MR) is 82.9 cm³/mol. The summed E-state index contributed by atoms with van der Waals surface area (Å²) in [6, 6.07) is 9.41. The number of carboxylic acid groups (broad SMARTS) is 1. The Morgan fingerprint density at radius 1 is 1.32 bits per heavy atom. The highest BCUT2D eigenvalue weighted by molar-refractivity contribution is 7.15. The highest BCUT2D eigenvalue weighted by Gasteiger charge is 2.23. The molecule has 6 nitrogen and oxygen atoms in total. The molecule has 7 heteroatoms. The standard InChI is InChI=1S/C15H16N2O4S/c1-17(8-12(18)19)15(20)13-14(10-6-4-3-5-7-10)22-11(16-13)9-21-2/h3-7H,8-9H2,1-2H3,(H,18,19). The smallest absolute Gasteiger partial charge is 0.323 e. The van der Waals surface area contributed by atoms with Crippen molar-refractivity contribution in [3.63, 3.8) is 0 Å². The number of rotatable bonds is 6. The highest BCUT2D eigenvalue weighted by atomic mass is 32.1. The molecule has 116 valence electrons. The summed E-state index contributed by atoms with van der Waals surface area (Å²) in [5, 5.41) is 9.50. The molecule has 2 rings (SSSR count). The van der Waals surface area contributed by atoms with Gasteiger partial charge < -0.3 is 14.7 Å². The Hall–Kier alpha value is -2.25. The Labute approximate surface area is 132 Å². The number of amides is 1. The number of aromatic nitrogens is 1. The first kappa shape index (κ1) is 16.1. The number of hydrogen-bond acceptors (Lipinski definition) is 5. The summed E-state index contributed by atoms with van der Waals surface area (Å²) in [6.45, 7) is -0.0649. The van der Waals surface area contributed by atoms with Crippen LogP contribution >= 0.6 is 11.3 Å². The summed E-state index contributed by atoms with van der Waals surface area (Å²) < 4.78 is 5.07. The van der Waals surface area contributed by atoms with Crippen molar-refractivity contribution >= 4 is 23.2 Å². The first-order valence-electron chi connectivity index (χ1n) is 6.54. The van der Waals surface area contributed by atoms with Gasteiger partial charge >= 0.3 is 5.97 Å². The number of carbonyl (C=O) groups excluding carboxylic acids is 1. The van der Waals surface area contributed by atoms with Crippen molar-refractivity contribution in [2.75, 3.05) is 20.7 Å². The SMILES string of the molecule is COCc1nc(C(=O)N(C)CC(=O)O)c(-c2ccccc2)s1. The van der Waals surface area contributed by atoms with Gasteiger partial charge in [-0.25, -0.2) is 4.98 Å². The zero-order valence-electron chi connectivity index (χ0n) is 12.3. The maximum Gasteiger partial charge on any atom is 0.323 e. The van der Waals surface area contributed by atoms with Gasteiger partial charge in [-0.1, -0.05) is 30.3 Å². The molecule has 0 spiro atoms. The van der Waals surface area contributed by atoms with Crippen molar-refractivity contribution in [3.8, 4) is 10.4 Å². The van der Waals surface area contributed by atoms with E-state index in [2.05, 4.69) is 4.98 Å². The fourth-order valence-electron chi connectivity index (χ4n) is 1.94. The van der Waals surface area contributed by atoms with Gasteiger partial charge in [-0.05, 0) is 5.56 Å². The minimum absolute atomic E-state index is 0.256. The molecule has 0 unspecified atom stereocenters. The molecule has 1 N–H and O–H groups in total. The monoisotopic (exact) mass is 320 g/mol. The lowest BCUT2D eigenvalue weighted by Gasteiger charge is -2.13. The average Bonchev–Trinajstić information content (AvgIpc) is 2.91. The zero-order valence-corrected chi connectivity index (χ0v) is 13.1. The van der Waals surface area contributed by atoms with E-state index in [1.807, 2.05) is 30.3 Å². The molecule has 2 aromatic rings. The van der Waals surface area contributed by atoms with Gasteiger partial charge in [-0.2, -0.15) is 0 Å². The van der Waals surface area contributed by atoms with Crippen LogP contribution in [-0.4, -0.2) is 47.6 Å². The van der Waals surface area contributed by atoms with Crippen molar-refractivity contribution in [2.45, 2.75) is 6.61 Å². The first-order valence-corrected chi connectivity index (χ1v) is 7.36. The minimum Gasteiger partial charge on any atom is -0.480 e. The summed E-state index contributed by atoms with van der Waals surface area (Å²) in [5.74, 6) is -1.48. The zero-order chi connectivity index (χ0) is 16.1. The lowest BCUT2D eigenvalue weighted by atomic mass is 10.1. The number of carbonyl (C=O) groups is 2. The average molecular weight is 320 g/mol. The Balaban J connectivity index is 2.40. The van der Waals surface area contributed by atoms with E-state index in [9.17, 15) is 9.59 Å². The molecule has 0 radical (unpaired) electrons. The van der Waals surface area contributed by atoms with Crippen molar-refractivity contribution in [1.29, 1.82) is 0 Å². The van der Waals surface area contributed by atoms with Crippen LogP contribution in [0.2, 0.25) is 0 Å². The second-order valence-corrected chi connectivity index (χ2v) is 5.72. The van der Waals surface area contributed by atoms with E-state index in [-0.39, 0.29) is 12.2 Å². The Morgan fingerprint density at radius 2 is 2.00 bits per heavy atom. The van der Waals surface area contributed by atoms with Crippen LogP contribution < -0.4 is 0 Å². The fourth-order valence-corrected chi connectivity index (χ4v) is 2.97. The van der Waals surface area contributed by atoms with Gasteiger partial charge in [0.1, 0.15) is 17.2 Å². The van der Waals surface area contributed by atoms with Crippen LogP contribution in [0.4, 0.5) is 0 Å². The molecule has 0 atom stereocenters. The van der Waals surface area contributed by atoms with Crippen LogP contribution in [0.1, 0.15) is 15.5 Å². The Morgan fingerprint density at radius 3 is 2.59 bits per heavy atom. The molecule has 0 saturated heterocycles. The third-order valence-corrected chi connectivity index (χ3v) is 3.97. The first-order chi connectivity index (χ1) is 10.5. The van der Waals surface area contributed by atoms with E-state index in [0.29, 0.717) is 11.6 Å². The van der Waals surface area contributed by atoms with E-state index in [4.69, 9.17) is 9.84 Å². The maximum atomic E-state index is 12.5. The minimum atomic E-state index is -1.07. The number of ether oxygens (including phenoxy) is 1. The largest absolute Gasteiger partial charge is 0.480 e. The molecule has 1 heterocycles. The molecule has 1 aromatic carbocycles. The van der Waals surface area contributed by atoms with Crippen LogP contribution in [-0.2, 0) is 16.1 Å². The second kappa shape index (κ2) is 7.15. The summed E-state index contributed by atoms with van der Waals surface area (Å²) in [4.78, 5) is 29.4. The maximum absolute atomic E-state index is 12.5. The van der Waals surface area contributed by atoms with Crippen molar-refractivity contribution in [3.05, 3.63) is 41.0 Å². The van der Waals surface area contributed by atoms with E-state index < -0.39 is 11.9 Å². The van der Waals surface area contributed by atoms with Crippen LogP contribution in [0.15, 0.2) is 30.3 Å². The number of hydrogen-bond donors (Lipinski definition) is 1. The lowest BCUT2D eigenvalue weighted by Crippen LogP contribution is -2.32. The molecule has 1 amide bonds. The molecule has 1 aromatic heterocycles. The van der Waals surface area contributed by atoms with Crippen molar-refractivity contribution in [2.24, 2.45) is 0 Å². The second-order valence-electron chi connectivity index (χ2n) is 4.64. The number of benzene rings is 1. The molecule has 0 bridgehead atoms. The van der Waals surface area contributed by atoms with Crippen LogP contribution in [0.3, 0.4) is 0 Å². The summed E-state index contributed by atoms with van der Waals surface area (Å²) >= 11 is 1.37. The number of likely N-dealkylation sites (N-methyl/N-ethyl adjacent to an activating group) is 1. The van der Waals surface area contributed by atoms with E-state index >= 15 is 0 Å². The van der Waals surface area contributed by atoms with Gasteiger partial charge in [0, 0.05) is 14.2 Å². The Kier molecular flexibility index (Phi) is 5.24. The van der Waals surface area contributed by atoms with Crippen LogP contribution in [0, 0.1) is 0 Å². The molecule has 0 aliphatic carbocycles. The molecule has 0 fully saturated rings. The highest BCUT2D eigenvalue weighted by Crippen LogP contribution is 2.31. The number of carboxylic acids is 1. The van der Waals surface area contributed by atoms with Gasteiger partial charge in [-0.15, -0.1) is 11.3 Å². The topological polar surface area (TPSA) is 79.7 Å². The van der Waals surface area contributed by atoms with E-state index in [1.54, 1.807) is 7.11 Å². The fraction of sp³-hybridized carbons (Fsp3) is 0.267. The van der Waals surface area contributed by atoms with Gasteiger partial charge in [0.05, 0.1) is 11.5 Å². The molecule has 22 heavy (non-hydrogen) atoms. The van der Waals surface area contributed by atoms with Gasteiger partial charge in [0.15, 0.2) is 0 Å². The third kappa shape index (κ3) is 3.69. The Bertz CT molecular complexity index is 669. The number of nitrogens with zero attached hydrogens (tertiary/aromatic N) is 2. The third-order valence-electron chi connectivity index (χ3n) is 2.90. The quantitative estimate of drug-likeness (QED) is 0.882. The van der Waals surface area contributed by atoms with Gasteiger partial charge in [-0.3, -0.25) is 9.59 Å². The van der Waals surface area contributed by atoms with Gasteiger partial charge in [0.25, 0.3) is 5.91 Å². The summed E-state index contributed by atoms with van der Waals surface area (Å²) in [6.07, 6.45) is 0. The number of aliphatic carboxylic acids is 1. The summed E-state index contributed by atoms with van der Waals surface area (Å²) in [7, 11) is 3.00. The number of thiazole rings is 1. The lowest BCUT2D eigenvalue weighted by molar-refractivity contribution is -0.137. The molecular formula is C15H16N2O4S. The normalized spacial score (nSPS) is 10.5. The predicted octanol–water partition coefficient (Wildman–Crippen LogP) is 2.11. The van der Waals surface area contributed by atoms with Crippen LogP contribution in [0.5, 0.6) is 0 Å². The van der Waals surface area contributed by atoms with Gasteiger partial charge in [0.2, 0.25) is 0 Å². The number of methoxy groups -OCH3 is 1. The van der Waals surface area contributed by atoms with Crippen molar-refractivity contribution in [1.82, 2.24) is 9.88 Å². The van der Waals surface area contributed by atoms with E-state index in [1.165, 1.54) is 18.4 Å². The molecule has 0 aliphatic heterocycles. The molecule has 0 aliphatic rings. The van der Waals surface area contributed by atoms with E-state index in [0.717, 1.165) is 15.3 Å².